The quantitative estimate of drug-likeness (QED) is 0.445. The largest absolute Gasteiger partial charge is 0.351 e. The van der Waals surface area contributed by atoms with E-state index < -0.39 is 6.04 Å². The van der Waals surface area contributed by atoms with Crippen molar-refractivity contribution in [1.82, 2.24) is 25.1 Å². The van der Waals surface area contributed by atoms with Gasteiger partial charge < -0.3 is 20.1 Å². The molecule has 2 N–H and O–H groups in total. The van der Waals surface area contributed by atoms with Crippen LogP contribution in [0.4, 0.5) is 0 Å². The number of carbonyl (C=O) groups is 3. The number of rotatable bonds is 7. The summed E-state index contributed by atoms with van der Waals surface area (Å²) in [5.41, 5.74) is 3.05. The van der Waals surface area contributed by atoms with E-state index in [0.29, 0.717) is 30.4 Å². The molecule has 0 spiro atoms. The van der Waals surface area contributed by atoms with Gasteiger partial charge >= 0.3 is 0 Å². The number of piperazine rings is 1. The number of H-pyrrole nitrogens is 1. The van der Waals surface area contributed by atoms with E-state index in [-0.39, 0.29) is 35.7 Å². The normalized spacial score (nSPS) is 22.4. The van der Waals surface area contributed by atoms with Crippen molar-refractivity contribution in [3.05, 3.63) is 65.6 Å². The van der Waals surface area contributed by atoms with Crippen LogP contribution in [0.3, 0.4) is 0 Å². The lowest BCUT2D eigenvalue weighted by molar-refractivity contribution is -0.136. The number of likely N-dealkylation sites (tertiary alicyclic amines) is 2. The van der Waals surface area contributed by atoms with Gasteiger partial charge in [-0.2, -0.15) is 0 Å². The van der Waals surface area contributed by atoms with Gasteiger partial charge in [0, 0.05) is 30.2 Å². The zero-order valence-corrected chi connectivity index (χ0v) is 23.4. The summed E-state index contributed by atoms with van der Waals surface area (Å²) in [4.78, 5) is 51.8. The summed E-state index contributed by atoms with van der Waals surface area (Å²) in [5, 5.41) is 3.98. The number of benzene rings is 1. The number of nitrogens with zero attached hydrogens (tertiary/aromatic N) is 3. The Morgan fingerprint density at radius 3 is 2.45 bits per heavy atom. The van der Waals surface area contributed by atoms with Gasteiger partial charge in [0.05, 0.1) is 12.1 Å². The molecule has 3 aliphatic rings. The summed E-state index contributed by atoms with van der Waals surface area (Å²) < 4.78 is 0. The minimum absolute atomic E-state index is 0.0235. The van der Waals surface area contributed by atoms with Crippen LogP contribution in [0.5, 0.6) is 0 Å². The van der Waals surface area contributed by atoms with Gasteiger partial charge in [0.25, 0.3) is 11.8 Å². The summed E-state index contributed by atoms with van der Waals surface area (Å²) >= 11 is 0. The molecule has 2 saturated heterocycles. The smallest absolute Gasteiger partial charge is 0.272 e. The second-order valence-corrected chi connectivity index (χ2v) is 11.9. The Hall–Kier alpha value is -3.68. The van der Waals surface area contributed by atoms with Gasteiger partial charge in [-0.3, -0.25) is 19.4 Å². The van der Waals surface area contributed by atoms with Crippen molar-refractivity contribution in [3.8, 4) is 0 Å². The molecule has 40 heavy (non-hydrogen) atoms. The molecule has 1 saturated carbocycles. The zero-order chi connectivity index (χ0) is 27.8. The fourth-order valence-corrected chi connectivity index (χ4v) is 6.82. The summed E-state index contributed by atoms with van der Waals surface area (Å²) in [6.07, 6.45) is 9.67. The highest BCUT2D eigenvalue weighted by Crippen LogP contribution is 2.34. The molecule has 2 aromatic heterocycles. The average molecular weight is 542 g/mol. The van der Waals surface area contributed by atoms with Gasteiger partial charge in [-0.1, -0.05) is 63.8 Å². The molecule has 3 amide bonds. The van der Waals surface area contributed by atoms with Crippen LogP contribution >= 0.6 is 0 Å². The van der Waals surface area contributed by atoms with E-state index in [1.807, 2.05) is 66.2 Å². The van der Waals surface area contributed by atoms with Crippen LogP contribution in [0.2, 0.25) is 0 Å². The molecular weight excluding hydrogens is 502 g/mol. The molecule has 1 aliphatic carbocycles. The van der Waals surface area contributed by atoms with Crippen molar-refractivity contribution in [2.24, 2.45) is 5.92 Å². The Balaban J connectivity index is 1.10. The molecule has 0 radical (unpaired) electrons. The van der Waals surface area contributed by atoms with Crippen molar-refractivity contribution in [3.63, 3.8) is 0 Å². The maximum Gasteiger partial charge on any atom is 0.272 e. The first-order valence-electron chi connectivity index (χ1n) is 14.9. The molecule has 4 heterocycles. The first-order chi connectivity index (χ1) is 19.4. The maximum atomic E-state index is 13.8. The topological polar surface area (TPSA) is 98.4 Å². The van der Waals surface area contributed by atoms with E-state index in [2.05, 4.69) is 21.4 Å². The van der Waals surface area contributed by atoms with Crippen LogP contribution in [0, 0.1) is 5.92 Å². The van der Waals surface area contributed by atoms with Crippen molar-refractivity contribution in [2.45, 2.75) is 82.8 Å². The molecule has 4 atom stereocenters. The Morgan fingerprint density at radius 1 is 1.02 bits per heavy atom. The number of hydrogen-bond donors (Lipinski definition) is 2. The average Bonchev–Trinajstić information content (AvgIpc) is 3.74. The standard InChI is InChI=1S/C32H39N5O3/c1-3-20(2)29(35-30(38)28-15-22-11-7-8-12-26(22)34-28)32(40)37-19-24-16-25(37)18-36(24)31(39)27-14-13-23(17-33-27)21-9-5-4-6-10-21/h7-8,11-15,17,20-21,24-25,29,34H,3-6,9-10,16,18-19H2,1-2H3,(H,35,38)/t20-,24-,25-,29-/m0/s1. The Morgan fingerprint density at radius 2 is 1.77 bits per heavy atom. The van der Waals surface area contributed by atoms with Gasteiger partial charge in [0.15, 0.2) is 0 Å². The van der Waals surface area contributed by atoms with Crippen LogP contribution in [0.25, 0.3) is 10.9 Å². The molecule has 0 unspecified atom stereocenters. The summed E-state index contributed by atoms with van der Waals surface area (Å²) in [6, 6.07) is 12.8. The second-order valence-electron chi connectivity index (χ2n) is 11.9. The Kier molecular flexibility index (Phi) is 7.34. The second kappa shape index (κ2) is 11.1. The van der Waals surface area contributed by atoms with E-state index in [1.165, 1.54) is 37.7 Å². The Bertz CT molecular complexity index is 1360. The third-order valence-corrected chi connectivity index (χ3v) is 9.41. The molecule has 6 rings (SSSR count). The van der Waals surface area contributed by atoms with Crippen molar-refractivity contribution in [1.29, 1.82) is 0 Å². The number of carbonyl (C=O) groups excluding carboxylic acids is 3. The van der Waals surface area contributed by atoms with Gasteiger partial charge in [0.2, 0.25) is 5.91 Å². The van der Waals surface area contributed by atoms with Crippen LogP contribution in [-0.2, 0) is 4.79 Å². The van der Waals surface area contributed by atoms with Crippen molar-refractivity contribution >= 4 is 28.6 Å². The molecule has 3 fully saturated rings. The fraction of sp³-hybridized carbons (Fsp3) is 0.500. The highest BCUT2D eigenvalue weighted by molar-refractivity contribution is 6.00. The van der Waals surface area contributed by atoms with Gasteiger partial charge in [-0.15, -0.1) is 0 Å². The predicted molar refractivity (Wildman–Crippen MR) is 154 cm³/mol. The zero-order valence-electron chi connectivity index (χ0n) is 23.4. The predicted octanol–water partition coefficient (Wildman–Crippen LogP) is 4.88. The molecule has 2 aliphatic heterocycles. The van der Waals surface area contributed by atoms with E-state index in [4.69, 9.17) is 0 Å². The van der Waals surface area contributed by atoms with Crippen LogP contribution in [0.1, 0.15) is 91.3 Å². The van der Waals surface area contributed by atoms with Crippen LogP contribution < -0.4 is 5.32 Å². The highest BCUT2D eigenvalue weighted by Gasteiger charge is 2.49. The first kappa shape index (κ1) is 26.5. The van der Waals surface area contributed by atoms with E-state index in [0.717, 1.165) is 23.7 Å². The number of fused-ring (bicyclic) bond motifs is 3. The van der Waals surface area contributed by atoms with E-state index in [1.54, 1.807) is 0 Å². The lowest BCUT2D eigenvalue weighted by atomic mass is 9.85. The van der Waals surface area contributed by atoms with E-state index in [9.17, 15) is 14.4 Å². The fourth-order valence-electron chi connectivity index (χ4n) is 6.82. The molecule has 210 valence electrons. The summed E-state index contributed by atoms with van der Waals surface area (Å²) in [7, 11) is 0. The van der Waals surface area contributed by atoms with E-state index >= 15 is 0 Å². The number of para-hydroxylation sites is 1. The number of aromatic amines is 1. The highest BCUT2D eigenvalue weighted by atomic mass is 16.2. The number of aromatic nitrogens is 2. The third-order valence-electron chi connectivity index (χ3n) is 9.41. The van der Waals surface area contributed by atoms with Crippen molar-refractivity contribution in [2.75, 3.05) is 13.1 Å². The molecule has 1 aromatic carbocycles. The number of nitrogens with one attached hydrogen (secondary N) is 2. The molecule has 8 nitrogen and oxygen atoms in total. The minimum Gasteiger partial charge on any atom is -0.351 e. The lowest BCUT2D eigenvalue weighted by Crippen LogP contribution is -2.57. The Labute approximate surface area is 235 Å². The van der Waals surface area contributed by atoms with Crippen molar-refractivity contribution < 1.29 is 14.4 Å². The number of hydrogen-bond acceptors (Lipinski definition) is 4. The monoisotopic (exact) mass is 541 g/mol. The third kappa shape index (κ3) is 5.00. The summed E-state index contributed by atoms with van der Waals surface area (Å²) in [6.45, 7) is 5.03. The summed E-state index contributed by atoms with van der Waals surface area (Å²) in [5.74, 6) is 0.139. The van der Waals surface area contributed by atoms with Gasteiger partial charge in [-0.25, -0.2) is 0 Å². The van der Waals surface area contributed by atoms with Gasteiger partial charge in [-0.05, 0) is 54.9 Å². The first-order valence-corrected chi connectivity index (χ1v) is 14.9. The SMILES string of the molecule is CC[C@H](C)[C@H](NC(=O)c1cc2ccccc2[nH]1)C(=O)N1C[C@@H]2C[C@H]1CN2C(=O)c1ccc(C2CCCCC2)cn1. The maximum absolute atomic E-state index is 13.8. The molecule has 8 heteroatoms. The number of pyridine rings is 1. The molecular formula is C32H39N5O3. The number of amides is 3. The van der Waals surface area contributed by atoms with Crippen LogP contribution in [0.15, 0.2) is 48.7 Å². The molecule has 2 bridgehead atoms. The van der Waals surface area contributed by atoms with Gasteiger partial charge in [0.1, 0.15) is 17.4 Å². The lowest BCUT2D eigenvalue weighted by Gasteiger charge is -2.37. The molecule has 3 aromatic rings. The van der Waals surface area contributed by atoms with Crippen LogP contribution in [-0.4, -0.2) is 68.7 Å². The minimum atomic E-state index is -0.624.